The van der Waals surface area contributed by atoms with Gasteiger partial charge in [-0.2, -0.15) is 0 Å². The normalized spacial score (nSPS) is 19.1. The van der Waals surface area contributed by atoms with E-state index in [4.69, 9.17) is 27.9 Å². The van der Waals surface area contributed by atoms with E-state index in [0.29, 0.717) is 0 Å². The van der Waals surface area contributed by atoms with Gasteiger partial charge in [0.1, 0.15) is 6.10 Å². The van der Waals surface area contributed by atoms with Gasteiger partial charge in [0.25, 0.3) is 0 Å². The second-order valence-electron chi connectivity index (χ2n) is 5.40. The number of hydrogen-bond donors (Lipinski definition) is 1. The molecule has 0 amide bonds. The molecule has 0 aromatic heterocycles. The van der Waals surface area contributed by atoms with Gasteiger partial charge in [-0.3, -0.25) is 0 Å². The summed E-state index contributed by atoms with van der Waals surface area (Å²) in [5.41, 5.74) is 1.02. The average Bonchev–Trinajstić information content (AvgIpc) is 3.01. The summed E-state index contributed by atoms with van der Waals surface area (Å²) in [7, 11) is 0. The molecule has 0 aliphatic carbocycles. The van der Waals surface area contributed by atoms with Gasteiger partial charge in [-0.25, -0.2) is 4.39 Å². The van der Waals surface area contributed by atoms with Crippen molar-refractivity contribution in [3.05, 3.63) is 63.9 Å². The van der Waals surface area contributed by atoms with E-state index in [1.54, 1.807) is 0 Å². The van der Waals surface area contributed by atoms with Gasteiger partial charge < -0.3 is 10.1 Å². The van der Waals surface area contributed by atoms with Crippen molar-refractivity contribution in [3.63, 3.8) is 0 Å². The highest BCUT2D eigenvalue weighted by molar-refractivity contribution is 6.35. The Bertz CT molecular complexity index is 621. The molecular weight excluding hydrogens is 324 g/mol. The molecule has 2 nitrogen and oxygen atoms in total. The minimum atomic E-state index is -0.538. The summed E-state index contributed by atoms with van der Waals surface area (Å²) in [5.74, 6) is -0.204. The van der Waals surface area contributed by atoms with Crippen LogP contribution >= 0.6 is 23.2 Å². The van der Waals surface area contributed by atoms with Crippen LogP contribution in [-0.2, 0) is 0 Å². The fraction of sp³-hybridized carbons (Fsp3) is 0.294. The van der Waals surface area contributed by atoms with Crippen molar-refractivity contribution in [2.45, 2.75) is 12.5 Å². The number of nitrogens with one attached hydrogen (secondary N) is 1. The first-order valence-corrected chi connectivity index (χ1v) is 7.97. The molecule has 1 aliphatic heterocycles. The quantitative estimate of drug-likeness (QED) is 0.858. The molecule has 0 radical (unpaired) electrons. The molecule has 1 N–H and O–H groups in total. The van der Waals surface area contributed by atoms with Crippen LogP contribution in [0.25, 0.3) is 0 Å². The van der Waals surface area contributed by atoms with Crippen LogP contribution in [0.2, 0.25) is 10.0 Å². The SMILES string of the molecule is Fc1cc(Cl)cc(Cl)c1O[C@@H](c1ccccc1)[C@H]1CCNC1. The lowest BCUT2D eigenvalue weighted by Crippen LogP contribution is -2.21. The minimum absolute atomic E-state index is 0.0619. The zero-order valence-electron chi connectivity index (χ0n) is 11.9. The first kappa shape index (κ1) is 15.6. The van der Waals surface area contributed by atoms with Crippen LogP contribution < -0.4 is 10.1 Å². The number of ether oxygens (including phenoxy) is 1. The van der Waals surface area contributed by atoms with E-state index in [1.807, 2.05) is 30.3 Å². The molecular formula is C17H16Cl2FNO. The second kappa shape index (κ2) is 6.86. The predicted molar refractivity (Wildman–Crippen MR) is 87.2 cm³/mol. The van der Waals surface area contributed by atoms with E-state index >= 15 is 0 Å². The van der Waals surface area contributed by atoms with E-state index < -0.39 is 5.82 Å². The van der Waals surface area contributed by atoms with E-state index in [1.165, 1.54) is 12.1 Å². The lowest BCUT2D eigenvalue weighted by Gasteiger charge is -2.25. The van der Waals surface area contributed by atoms with Crippen molar-refractivity contribution in [2.24, 2.45) is 5.92 Å². The third-order valence-electron chi connectivity index (χ3n) is 3.86. The van der Waals surface area contributed by atoms with Crippen LogP contribution in [0.15, 0.2) is 42.5 Å². The van der Waals surface area contributed by atoms with Crippen LogP contribution in [0.4, 0.5) is 4.39 Å². The zero-order valence-corrected chi connectivity index (χ0v) is 13.4. The van der Waals surface area contributed by atoms with Gasteiger partial charge in [0.15, 0.2) is 11.6 Å². The summed E-state index contributed by atoms with van der Waals surface area (Å²) < 4.78 is 20.2. The summed E-state index contributed by atoms with van der Waals surface area (Å²) in [6.45, 7) is 1.78. The highest BCUT2D eigenvalue weighted by Gasteiger charge is 2.29. The zero-order chi connectivity index (χ0) is 15.5. The maximum atomic E-state index is 14.2. The Kier molecular flexibility index (Phi) is 4.87. The Morgan fingerprint density at radius 1 is 1.18 bits per heavy atom. The largest absolute Gasteiger partial charge is 0.481 e. The van der Waals surface area contributed by atoms with Gasteiger partial charge in [0.2, 0.25) is 0 Å². The van der Waals surface area contributed by atoms with Gasteiger partial charge in [-0.05, 0) is 30.7 Å². The molecule has 2 atom stereocenters. The summed E-state index contributed by atoms with van der Waals surface area (Å²) in [6, 6.07) is 12.6. The van der Waals surface area contributed by atoms with Crippen LogP contribution in [0.5, 0.6) is 5.75 Å². The first-order valence-electron chi connectivity index (χ1n) is 7.22. The van der Waals surface area contributed by atoms with Crippen molar-refractivity contribution >= 4 is 23.2 Å². The lowest BCUT2D eigenvalue weighted by molar-refractivity contribution is 0.138. The Labute approximate surface area is 139 Å². The monoisotopic (exact) mass is 339 g/mol. The Hall–Kier alpha value is -1.29. The second-order valence-corrected chi connectivity index (χ2v) is 6.24. The maximum absolute atomic E-state index is 14.2. The van der Waals surface area contributed by atoms with E-state index in [2.05, 4.69) is 5.32 Å². The molecule has 0 unspecified atom stereocenters. The van der Waals surface area contributed by atoms with Crippen molar-refractivity contribution in [3.8, 4) is 5.75 Å². The molecule has 1 heterocycles. The summed E-state index contributed by atoms with van der Waals surface area (Å²) in [4.78, 5) is 0. The molecule has 3 rings (SSSR count). The maximum Gasteiger partial charge on any atom is 0.174 e. The van der Waals surface area contributed by atoms with Crippen LogP contribution in [0, 0.1) is 11.7 Å². The number of benzene rings is 2. The van der Waals surface area contributed by atoms with E-state index in [0.717, 1.165) is 25.1 Å². The topological polar surface area (TPSA) is 21.3 Å². The predicted octanol–water partition coefficient (Wildman–Crippen LogP) is 4.86. The van der Waals surface area contributed by atoms with Crippen LogP contribution in [-0.4, -0.2) is 13.1 Å². The Morgan fingerprint density at radius 2 is 1.95 bits per heavy atom. The molecule has 0 spiro atoms. The van der Waals surface area contributed by atoms with Gasteiger partial charge in [-0.15, -0.1) is 0 Å². The third kappa shape index (κ3) is 3.37. The van der Waals surface area contributed by atoms with Crippen LogP contribution in [0.1, 0.15) is 18.1 Å². The first-order chi connectivity index (χ1) is 10.6. The van der Waals surface area contributed by atoms with Gasteiger partial charge in [0.05, 0.1) is 5.02 Å². The highest BCUT2D eigenvalue weighted by Crippen LogP contribution is 2.38. The lowest BCUT2D eigenvalue weighted by atomic mass is 9.95. The average molecular weight is 340 g/mol. The van der Waals surface area contributed by atoms with Crippen molar-refractivity contribution in [2.75, 3.05) is 13.1 Å². The Morgan fingerprint density at radius 3 is 2.59 bits per heavy atom. The molecule has 1 fully saturated rings. The number of hydrogen-bond acceptors (Lipinski definition) is 2. The van der Waals surface area contributed by atoms with Gasteiger partial charge >= 0.3 is 0 Å². The fourth-order valence-corrected chi connectivity index (χ4v) is 3.30. The van der Waals surface area contributed by atoms with Crippen molar-refractivity contribution < 1.29 is 9.13 Å². The molecule has 0 saturated carbocycles. The molecule has 2 aromatic rings. The molecule has 2 aromatic carbocycles. The molecule has 5 heteroatoms. The number of rotatable bonds is 4. The molecule has 1 saturated heterocycles. The van der Waals surface area contributed by atoms with Crippen molar-refractivity contribution in [1.29, 1.82) is 0 Å². The molecule has 0 bridgehead atoms. The standard InChI is InChI=1S/C17H16Cl2FNO/c18-13-8-14(19)17(15(20)9-13)22-16(12-6-7-21-10-12)11-4-2-1-3-5-11/h1-5,8-9,12,16,21H,6-7,10H2/t12-,16-/m0/s1. The summed E-state index contributed by atoms with van der Waals surface area (Å²) in [5, 5.41) is 3.77. The van der Waals surface area contributed by atoms with Crippen LogP contribution in [0.3, 0.4) is 0 Å². The number of halogens is 3. The van der Waals surface area contributed by atoms with E-state index in [9.17, 15) is 4.39 Å². The summed E-state index contributed by atoms with van der Waals surface area (Å²) in [6.07, 6.45) is 0.733. The third-order valence-corrected chi connectivity index (χ3v) is 4.36. The van der Waals surface area contributed by atoms with Crippen molar-refractivity contribution in [1.82, 2.24) is 5.32 Å². The van der Waals surface area contributed by atoms with Gasteiger partial charge in [-0.1, -0.05) is 53.5 Å². The summed E-state index contributed by atoms with van der Waals surface area (Å²) >= 11 is 11.9. The smallest absolute Gasteiger partial charge is 0.174 e. The Balaban J connectivity index is 1.94. The minimum Gasteiger partial charge on any atom is -0.481 e. The highest BCUT2D eigenvalue weighted by atomic mass is 35.5. The molecule has 116 valence electrons. The van der Waals surface area contributed by atoms with E-state index in [-0.39, 0.29) is 27.8 Å². The molecule has 22 heavy (non-hydrogen) atoms. The fourth-order valence-electron chi connectivity index (χ4n) is 2.78. The van der Waals surface area contributed by atoms with Gasteiger partial charge in [0, 0.05) is 17.5 Å². The molecule has 1 aliphatic rings.